The van der Waals surface area contributed by atoms with Crippen molar-refractivity contribution < 1.29 is 0 Å². The molecular formula is C13H13BrN4S. The molecule has 0 aliphatic rings. The number of thiophene rings is 1. The largest absolute Gasteiger partial charge is 0.313 e. The predicted molar refractivity (Wildman–Crippen MR) is 80.5 cm³/mol. The Morgan fingerprint density at radius 2 is 2.37 bits per heavy atom. The highest BCUT2D eigenvalue weighted by atomic mass is 79.9. The number of nitrogens with zero attached hydrogens (tertiary/aromatic N) is 3. The minimum Gasteiger partial charge on any atom is -0.313 e. The van der Waals surface area contributed by atoms with E-state index in [-0.39, 0.29) is 6.04 Å². The maximum absolute atomic E-state index is 4.37. The maximum Gasteiger partial charge on any atom is 0.0892 e. The molecule has 19 heavy (non-hydrogen) atoms. The summed E-state index contributed by atoms with van der Waals surface area (Å²) >= 11 is 5.35. The van der Waals surface area contributed by atoms with E-state index in [9.17, 15) is 0 Å². The van der Waals surface area contributed by atoms with Gasteiger partial charge in [-0.2, -0.15) is 5.10 Å². The van der Waals surface area contributed by atoms with Crippen molar-refractivity contribution in [2.24, 2.45) is 0 Å². The molecule has 0 saturated carbocycles. The van der Waals surface area contributed by atoms with Crippen molar-refractivity contribution in [3.05, 3.63) is 51.1 Å². The summed E-state index contributed by atoms with van der Waals surface area (Å²) in [5.41, 5.74) is 2.23. The number of rotatable bonds is 4. The highest BCUT2D eigenvalue weighted by molar-refractivity contribution is 9.10. The summed E-state index contributed by atoms with van der Waals surface area (Å²) in [6, 6.07) is 2.32. The van der Waals surface area contributed by atoms with Gasteiger partial charge in [-0.25, -0.2) is 4.52 Å². The van der Waals surface area contributed by atoms with E-state index < -0.39 is 0 Å². The monoisotopic (exact) mass is 336 g/mol. The molecule has 0 amide bonds. The van der Waals surface area contributed by atoms with Crippen molar-refractivity contribution in [2.45, 2.75) is 12.5 Å². The van der Waals surface area contributed by atoms with Crippen LogP contribution in [-0.4, -0.2) is 21.6 Å². The number of halogens is 1. The second-order valence-corrected chi connectivity index (χ2v) is 6.10. The van der Waals surface area contributed by atoms with Gasteiger partial charge in [0.25, 0.3) is 0 Å². The fraction of sp³-hybridized carbons (Fsp3) is 0.231. The van der Waals surface area contributed by atoms with Gasteiger partial charge in [0, 0.05) is 39.8 Å². The highest BCUT2D eigenvalue weighted by Crippen LogP contribution is 2.29. The Hall–Kier alpha value is -1.24. The van der Waals surface area contributed by atoms with Crippen LogP contribution in [0.2, 0.25) is 0 Å². The summed E-state index contributed by atoms with van der Waals surface area (Å²) < 4.78 is 3.03. The van der Waals surface area contributed by atoms with E-state index in [1.807, 2.05) is 30.2 Å². The van der Waals surface area contributed by atoms with Gasteiger partial charge in [-0.05, 0) is 34.4 Å². The van der Waals surface area contributed by atoms with Gasteiger partial charge in [-0.1, -0.05) is 0 Å². The van der Waals surface area contributed by atoms with E-state index in [4.69, 9.17) is 0 Å². The molecule has 0 spiro atoms. The van der Waals surface area contributed by atoms with Gasteiger partial charge in [0.2, 0.25) is 0 Å². The standard InChI is InChI=1S/C13H13BrN4S/c1-15-11(6-13-10(14)2-5-19-13)9-7-17-18-4-3-16-8-12(9)18/h2-5,7-8,11,15H,6H2,1H3. The minimum absolute atomic E-state index is 0.233. The normalized spacial score (nSPS) is 12.9. The molecule has 3 heterocycles. The molecule has 0 aliphatic carbocycles. The average molecular weight is 337 g/mol. The zero-order chi connectivity index (χ0) is 13.2. The van der Waals surface area contributed by atoms with Crippen LogP contribution in [-0.2, 0) is 6.42 Å². The van der Waals surface area contributed by atoms with Crippen molar-refractivity contribution in [3.63, 3.8) is 0 Å². The number of hydrogen-bond donors (Lipinski definition) is 1. The van der Waals surface area contributed by atoms with Gasteiger partial charge >= 0.3 is 0 Å². The van der Waals surface area contributed by atoms with Gasteiger partial charge in [0.05, 0.1) is 17.9 Å². The van der Waals surface area contributed by atoms with Crippen molar-refractivity contribution in [2.75, 3.05) is 7.05 Å². The number of fused-ring (bicyclic) bond motifs is 1. The van der Waals surface area contributed by atoms with Gasteiger partial charge in [-0.3, -0.25) is 4.98 Å². The molecule has 0 radical (unpaired) electrons. The number of nitrogens with one attached hydrogen (secondary N) is 1. The smallest absolute Gasteiger partial charge is 0.0892 e. The highest BCUT2D eigenvalue weighted by Gasteiger charge is 2.17. The zero-order valence-electron chi connectivity index (χ0n) is 10.4. The van der Waals surface area contributed by atoms with Crippen molar-refractivity contribution >= 4 is 32.8 Å². The lowest BCUT2D eigenvalue weighted by atomic mass is 10.1. The molecule has 0 aliphatic heterocycles. The van der Waals surface area contributed by atoms with Crippen LogP contribution in [0.5, 0.6) is 0 Å². The lowest BCUT2D eigenvalue weighted by Crippen LogP contribution is -2.18. The predicted octanol–water partition coefficient (Wildman–Crippen LogP) is 3.06. The minimum atomic E-state index is 0.233. The molecule has 6 heteroatoms. The van der Waals surface area contributed by atoms with Crippen molar-refractivity contribution in [1.82, 2.24) is 19.9 Å². The number of likely N-dealkylation sites (N-methyl/N-ethyl adjacent to an activating group) is 1. The molecule has 3 aromatic heterocycles. The van der Waals surface area contributed by atoms with Crippen LogP contribution in [0.3, 0.4) is 0 Å². The summed E-state index contributed by atoms with van der Waals surface area (Å²) in [5.74, 6) is 0. The van der Waals surface area contributed by atoms with E-state index >= 15 is 0 Å². The second kappa shape index (κ2) is 5.40. The van der Waals surface area contributed by atoms with Crippen LogP contribution >= 0.6 is 27.3 Å². The summed E-state index contributed by atoms with van der Waals surface area (Å²) in [6.45, 7) is 0. The maximum atomic E-state index is 4.37. The summed E-state index contributed by atoms with van der Waals surface area (Å²) in [4.78, 5) is 5.52. The molecule has 1 atom stereocenters. The van der Waals surface area contributed by atoms with Gasteiger partial charge in [0.15, 0.2) is 0 Å². The summed E-state index contributed by atoms with van der Waals surface area (Å²) in [6.07, 6.45) is 8.32. The van der Waals surface area contributed by atoms with E-state index in [0.717, 1.165) is 11.9 Å². The van der Waals surface area contributed by atoms with Gasteiger partial charge < -0.3 is 5.32 Å². The van der Waals surface area contributed by atoms with E-state index in [1.165, 1.54) is 14.9 Å². The summed E-state index contributed by atoms with van der Waals surface area (Å²) in [5, 5.41) is 9.84. The van der Waals surface area contributed by atoms with Crippen LogP contribution in [0.1, 0.15) is 16.5 Å². The third-order valence-electron chi connectivity index (χ3n) is 3.16. The Kier molecular flexibility index (Phi) is 3.63. The Balaban J connectivity index is 1.96. The SMILES string of the molecule is CNC(Cc1sccc1Br)c1cnn2ccncc12. The molecule has 0 saturated heterocycles. The van der Waals surface area contributed by atoms with Crippen LogP contribution in [0.25, 0.3) is 5.52 Å². The first kappa shape index (κ1) is 12.8. The molecule has 0 bridgehead atoms. The molecule has 0 fully saturated rings. The Morgan fingerprint density at radius 3 is 3.11 bits per heavy atom. The van der Waals surface area contributed by atoms with Crippen molar-refractivity contribution in [3.8, 4) is 0 Å². The first-order chi connectivity index (χ1) is 9.29. The number of hydrogen-bond acceptors (Lipinski definition) is 4. The van der Waals surface area contributed by atoms with Crippen LogP contribution in [0.15, 0.2) is 40.7 Å². The molecule has 3 rings (SSSR count). The fourth-order valence-electron chi connectivity index (χ4n) is 2.14. The lowest BCUT2D eigenvalue weighted by molar-refractivity contribution is 0.599. The first-order valence-corrected chi connectivity index (χ1v) is 7.63. The molecule has 1 unspecified atom stereocenters. The Labute approximate surface area is 123 Å². The van der Waals surface area contributed by atoms with Crippen LogP contribution in [0.4, 0.5) is 0 Å². The van der Waals surface area contributed by atoms with Gasteiger partial charge in [0.1, 0.15) is 0 Å². The van der Waals surface area contributed by atoms with E-state index in [2.05, 4.69) is 42.8 Å². The fourth-order valence-corrected chi connectivity index (χ4v) is 3.71. The Bertz CT molecular complexity index is 691. The third kappa shape index (κ3) is 2.43. The zero-order valence-corrected chi connectivity index (χ0v) is 12.8. The number of aromatic nitrogens is 3. The third-order valence-corrected chi connectivity index (χ3v) is 5.11. The van der Waals surface area contributed by atoms with E-state index in [0.29, 0.717) is 0 Å². The topological polar surface area (TPSA) is 42.2 Å². The molecule has 98 valence electrons. The lowest BCUT2D eigenvalue weighted by Gasteiger charge is -2.14. The molecular weight excluding hydrogens is 324 g/mol. The van der Waals surface area contributed by atoms with Crippen molar-refractivity contribution in [1.29, 1.82) is 0 Å². The van der Waals surface area contributed by atoms with Crippen LogP contribution < -0.4 is 5.32 Å². The Morgan fingerprint density at radius 1 is 1.47 bits per heavy atom. The quantitative estimate of drug-likeness (QED) is 0.796. The molecule has 4 nitrogen and oxygen atoms in total. The molecule has 0 aromatic carbocycles. The van der Waals surface area contributed by atoms with Gasteiger partial charge in [-0.15, -0.1) is 11.3 Å². The average Bonchev–Trinajstić information content (AvgIpc) is 3.03. The summed E-state index contributed by atoms with van der Waals surface area (Å²) in [7, 11) is 1.98. The van der Waals surface area contributed by atoms with E-state index in [1.54, 1.807) is 17.5 Å². The molecule has 3 aromatic rings. The second-order valence-electron chi connectivity index (χ2n) is 4.24. The molecule has 1 N–H and O–H groups in total. The van der Waals surface area contributed by atoms with Crippen LogP contribution in [0, 0.1) is 0 Å². The first-order valence-electron chi connectivity index (χ1n) is 5.96.